The number of rotatable bonds is 7. The summed E-state index contributed by atoms with van der Waals surface area (Å²) in [5.41, 5.74) is 4.12. The zero-order chi connectivity index (χ0) is 17.5. The zero-order valence-electron chi connectivity index (χ0n) is 14.6. The molecule has 128 valence electrons. The Morgan fingerprint density at radius 1 is 1.00 bits per heavy atom. The molecule has 0 aliphatic heterocycles. The maximum absolute atomic E-state index is 5.61. The van der Waals surface area contributed by atoms with E-state index in [0.717, 1.165) is 17.0 Å². The van der Waals surface area contributed by atoms with Crippen LogP contribution in [-0.4, -0.2) is 9.97 Å². The van der Waals surface area contributed by atoms with Crippen LogP contribution in [0, 0.1) is 0 Å². The minimum atomic E-state index is 0.400. The molecule has 0 aliphatic carbocycles. The lowest BCUT2D eigenvalue weighted by molar-refractivity contribution is 0.102. The van der Waals surface area contributed by atoms with Crippen LogP contribution in [0.25, 0.3) is 12.2 Å². The van der Waals surface area contributed by atoms with Gasteiger partial charge >= 0.3 is 0 Å². The first-order valence-electron chi connectivity index (χ1n) is 8.41. The number of oxazole rings is 1. The molecule has 4 nitrogen and oxygen atoms in total. The standard InChI is InChI=1S/C21H22N2O2/c1-16(2)18-9-6-17(7-10-18)8-11-21-23-20(15-25-21)14-24-13-19-5-3-4-12-22-19/h3-12,15-16H,13-14H2,1-2H3. The predicted molar refractivity (Wildman–Crippen MR) is 98.7 cm³/mol. The molecule has 0 N–H and O–H groups in total. The van der Waals surface area contributed by atoms with Gasteiger partial charge in [-0.05, 0) is 35.3 Å². The molecule has 0 amide bonds. The quantitative estimate of drug-likeness (QED) is 0.604. The van der Waals surface area contributed by atoms with Crippen molar-refractivity contribution in [3.05, 3.63) is 83.3 Å². The Bertz CT molecular complexity index is 805. The fraction of sp³-hybridized carbons (Fsp3) is 0.238. The van der Waals surface area contributed by atoms with E-state index in [9.17, 15) is 0 Å². The molecule has 0 aliphatic rings. The van der Waals surface area contributed by atoms with E-state index in [1.807, 2.05) is 30.4 Å². The highest BCUT2D eigenvalue weighted by Gasteiger charge is 2.02. The van der Waals surface area contributed by atoms with E-state index >= 15 is 0 Å². The first kappa shape index (κ1) is 17.1. The average molecular weight is 334 g/mol. The molecule has 4 heteroatoms. The van der Waals surface area contributed by atoms with Crippen molar-refractivity contribution in [1.29, 1.82) is 0 Å². The van der Waals surface area contributed by atoms with E-state index in [1.54, 1.807) is 12.5 Å². The molecular weight excluding hydrogens is 312 g/mol. The fourth-order valence-corrected chi connectivity index (χ4v) is 2.37. The first-order valence-corrected chi connectivity index (χ1v) is 8.41. The normalized spacial score (nSPS) is 11.5. The number of aromatic nitrogens is 2. The van der Waals surface area contributed by atoms with Gasteiger partial charge in [0, 0.05) is 12.3 Å². The SMILES string of the molecule is CC(C)c1ccc(C=Cc2nc(COCc3ccccn3)co2)cc1. The second-order valence-corrected chi connectivity index (χ2v) is 6.15. The van der Waals surface area contributed by atoms with Crippen LogP contribution >= 0.6 is 0 Å². The van der Waals surface area contributed by atoms with Crippen molar-refractivity contribution < 1.29 is 9.15 Å². The van der Waals surface area contributed by atoms with Crippen molar-refractivity contribution >= 4 is 12.2 Å². The van der Waals surface area contributed by atoms with Crippen molar-refractivity contribution in [2.45, 2.75) is 33.0 Å². The van der Waals surface area contributed by atoms with Crippen molar-refractivity contribution in [3.8, 4) is 0 Å². The molecule has 0 saturated heterocycles. The Morgan fingerprint density at radius 3 is 2.52 bits per heavy atom. The van der Waals surface area contributed by atoms with Crippen molar-refractivity contribution in [1.82, 2.24) is 9.97 Å². The summed E-state index contributed by atoms with van der Waals surface area (Å²) in [6.07, 6.45) is 7.24. The Labute approximate surface area is 148 Å². The van der Waals surface area contributed by atoms with Crippen molar-refractivity contribution in [3.63, 3.8) is 0 Å². The number of hydrogen-bond acceptors (Lipinski definition) is 4. The Kier molecular flexibility index (Phi) is 5.75. The van der Waals surface area contributed by atoms with Gasteiger partial charge in [-0.25, -0.2) is 4.98 Å². The van der Waals surface area contributed by atoms with Gasteiger partial charge in [0.05, 0.1) is 18.9 Å². The van der Waals surface area contributed by atoms with Crippen LogP contribution in [0.5, 0.6) is 0 Å². The molecule has 3 aromatic rings. The van der Waals surface area contributed by atoms with Crippen LogP contribution < -0.4 is 0 Å². The van der Waals surface area contributed by atoms with E-state index in [2.05, 4.69) is 48.1 Å². The molecule has 25 heavy (non-hydrogen) atoms. The van der Waals surface area contributed by atoms with Gasteiger partial charge in [0.1, 0.15) is 12.0 Å². The van der Waals surface area contributed by atoms with Gasteiger partial charge in [-0.1, -0.05) is 44.2 Å². The monoisotopic (exact) mass is 334 g/mol. The first-order chi connectivity index (χ1) is 12.2. The summed E-state index contributed by atoms with van der Waals surface area (Å²) in [4.78, 5) is 8.62. The molecular formula is C21H22N2O2. The van der Waals surface area contributed by atoms with Gasteiger partial charge < -0.3 is 9.15 Å². The minimum Gasteiger partial charge on any atom is -0.445 e. The van der Waals surface area contributed by atoms with Crippen LogP contribution in [0.15, 0.2) is 59.3 Å². The van der Waals surface area contributed by atoms with E-state index in [-0.39, 0.29) is 0 Å². The lowest BCUT2D eigenvalue weighted by Crippen LogP contribution is -1.96. The maximum Gasteiger partial charge on any atom is 0.218 e. The highest BCUT2D eigenvalue weighted by Crippen LogP contribution is 2.16. The highest BCUT2D eigenvalue weighted by atomic mass is 16.5. The van der Waals surface area contributed by atoms with Crippen LogP contribution in [0.1, 0.15) is 48.2 Å². The van der Waals surface area contributed by atoms with Gasteiger partial charge in [-0.2, -0.15) is 0 Å². The van der Waals surface area contributed by atoms with E-state index in [1.165, 1.54) is 5.56 Å². The van der Waals surface area contributed by atoms with Crippen LogP contribution in [0.4, 0.5) is 0 Å². The molecule has 2 aromatic heterocycles. The molecule has 0 saturated carbocycles. The summed E-state index contributed by atoms with van der Waals surface area (Å²) < 4.78 is 11.1. The number of nitrogens with zero attached hydrogens (tertiary/aromatic N) is 2. The molecule has 0 atom stereocenters. The van der Waals surface area contributed by atoms with Gasteiger partial charge in [0.15, 0.2) is 0 Å². The molecule has 2 heterocycles. The summed E-state index contributed by atoms with van der Waals surface area (Å²) in [6.45, 7) is 5.24. The van der Waals surface area contributed by atoms with E-state index < -0.39 is 0 Å². The fourth-order valence-electron chi connectivity index (χ4n) is 2.37. The van der Waals surface area contributed by atoms with E-state index in [0.29, 0.717) is 25.0 Å². The lowest BCUT2D eigenvalue weighted by Gasteiger charge is -2.04. The Morgan fingerprint density at radius 2 is 1.80 bits per heavy atom. The number of hydrogen-bond donors (Lipinski definition) is 0. The average Bonchev–Trinajstić information content (AvgIpc) is 3.09. The molecule has 0 spiro atoms. The van der Waals surface area contributed by atoms with E-state index in [4.69, 9.17) is 9.15 Å². The van der Waals surface area contributed by atoms with Gasteiger partial charge in [-0.3, -0.25) is 4.98 Å². The van der Waals surface area contributed by atoms with Crippen LogP contribution in [0.2, 0.25) is 0 Å². The zero-order valence-corrected chi connectivity index (χ0v) is 14.6. The summed E-state index contributed by atoms with van der Waals surface area (Å²) in [5, 5.41) is 0. The number of ether oxygens (including phenoxy) is 1. The van der Waals surface area contributed by atoms with Gasteiger partial charge in [0.2, 0.25) is 5.89 Å². The molecule has 0 fully saturated rings. The largest absolute Gasteiger partial charge is 0.445 e. The van der Waals surface area contributed by atoms with Gasteiger partial charge in [-0.15, -0.1) is 0 Å². The highest BCUT2D eigenvalue weighted by molar-refractivity contribution is 5.66. The summed E-state index contributed by atoms with van der Waals surface area (Å²) >= 11 is 0. The number of benzene rings is 1. The summed E-state index contributed by atoms with van der Waals surface area (Å²) in [5.74, 6) is 1.11. The number of pyridine rings is 1. The molecule has 0 bridgehead atoms. The summed E-state index contributed by atoms with van der Waals surface area (Å²) in [7, 11) is 0. The molecule has 0 unspecified atom stereocenters. The van der Waals surface area contributed by atoms with Crippen LogP contribution in [-0.2, 0) is 18.0 Å². The Balaban J connectivity index is 1.52. The van der Waals surface area contributed by atoms with Crippen molar-refractivity contribution in [2.75, 3.05) is 0 Å². The molecule has 1 aromatic carbocycles. The topological polar surface area (TPSA) is 48.2 Å². The molecule has 3 rings (SSSR count). The predicted octanol–water partition coefficient (Wildman–Crippen LogP) is 5.08. The second-order valence-electron chi connectivity index (χ2n) is 6.15. The molecule has 0 radical (unpaired) electrons. The Hall–Kier alpha value is -2.72. The van der Waals surface area contributed by atoms with Crippen LogP contribution in [0.3, 0.4) is 0 Å². The third kappa shape index (κ3) is 5.13. The third-order valence-electron chi connectivity index (χ3n) is 3.82. The lowest BCUT2D eigenvalue weighted by atomic mass is 10.0. The third-order valence-corrected chi connectivity index (χ3v) is 3.82. The summed E-state index contributed by atoms with van der Waals surface area (Å²) in [6, 6.07) is 14.3. The van der Waals surface area contributed by atoms with Crippen molar-refractivity contribution in [2.24, 2.45) is 0 Å². The van der Waals surface area contributed by atoms with Gasteiger partial charge in [0.25, 0.3) is 0 Å². The minimum absolute atomic E-state index is 0.400. The second kappa shape index (κ2) is 8.40. The maximum atomic E-state index is 5.61. The smallest absolute Gasteiger partial charge is 0.218 e.